The summed E-state index contributed by atoms with van der Waals surface area (Å²) in [4.78, 5) is 8.08. The summed E-state index contributed by atoms with van der Waals surface area (Å²) in [7, 11) is 0. The van der Waals surface area contributed by atoms with E-state index in [1.54, 1.807) is 0 Å². The van der Waals surface area contributed by atoms with E-state index in [1.807, 2.05) is 6.20 Å². The number of fused-ring (bicyclic) bond motifs is 4. The highest BCUT2D eigenvalue weighted by atomic mass is 15.0. The maximum Gasteiger partial charge on any atom is 0.123 e. The van der Waals surface area contributed by atoms with Gasteiger partial charge in [0.25, 0.3) is 0 Å². The first kappa shape index (κ1) is 14.6. The molecule has 0 spiro atoms. The molecular weight excluding hydrogens is 308 g/mol. The molecule has 2 heterocycles. The summed E-state index contributed by atoms with van der Waals surface area (Å²) >= 11 is 0. The Labute approximate surface area is 146 Å². The number of hydrogen-bond acceptors (Lipinski definition) is 3. The van der Waals surface area contributed by atoms with E-state index in [9.17, 15) is 0 Å². The largest absolute Gasteiger partial charge is 0.341 e. The van der Waals surface area contributed by atoms with Crippen molar-refractivity contribution in [2.24, 2.45) is 0 Å². The molecule has 1 atom stereocenters. The summed E-state index contributed by atoms with van der Waals surface area (Å²) < 4.78 is 0. The van der Waals surface area contributed by atoms with Crippen LogP contribution in [0.4, 0.5) is 0 Å². The fourth-order valence-corrected chi connectivity index (χ4v) is 3.98. The lowest BCUT2D eigenvalue weighted by Crippen LogP contribution is -2.14. The molecule has 0 radical (unpaired) electrons. The van der Waals surface area contributed by atoms with Crippen molar-refractivity contribution in [2.75, 3.05) is 6.54 Å². The number of aromatic nitrogens is 2. The minimum Gasteiger partial charge on any atom is -0.341 e. The fourth-order valence-electron chi connectivity index (χ4n) is 3.98. The van der Waals surface area contributed by atoms with Crippen LogP contribution in [0.5, 0.6) is 0 Å². The third-order valence-electron chi connectivity index (χ3n) is 5.32. The standard InChI is InChI=1S/C21H20N4/c22-8-7-13-3-5-15-17(10-13)16-6-4-14(11-18(15)16)20-12-24-21(25-20)19-2-1-9-23-19/h3-6,8,10-12,19,22-23H,1-2,7,9H2,(H,24,25). The van der Waals surface area contributed by atoms with Gasteiger partial charge in [-0.2, -0.15) is 0 Å². The van der Waals surface area contributed by atoms with Crippen molar-refractivity contribution in [3.63, 3.8) is 0 Å². The second-order valence-corrected chi connectivity index (χ2v) is 6.88. The molecule has 4 heteroatoms. The number of rotatable bonds is 4. The minimum atomic E-state index is 0.369. The van der Waals surface area contributed by atoms with Gasteiger partial charge in [-0.05, 0) is 59.5 Å². The van der Waals surface area contributed by atoms with Crippen LogP contribution in [0.3, 0.4) is 0 Å². The molecule has 1 unspecified atom stereocenters. The van der Waals surface area contributed by atoms with Gasteiger partial charge >= 0.3 is 0 Å². The Morgan fingerprint density at radius 3 is 2.72 bits per heavy atom. The molecule has 2 aliphatic rings. The Hall–Kier alpha value is -2.72. The van der Waals surface area contributed by atoms with E-state index in [0.29, 0.717) is 12.5 Å². The first-order valence-corrected chi connectivity index (χ1v) is 8.89. The van der Waals surface area contributed by atoms with E-state index >= 15 is 0 Å². The van der Waals surface area contributed by atoms with Crippen LogP contribution >= 0.6 is 0 Å². The summed E-state index contributed by atoms with van der Waals surface area (Å²) in [5, 5.41) is 10.8. The quantitative estimate of drug-likeness (QED) is 0.488. The number of nitrogens with zero attached hydrogens (tertiary/aromatic N) is 1. The Morgan fingerprint density at radius 1 is 1.08 bits per heavy atom. The number of benzene rings is 2. The molecule has 1 aromatic heterocycles. The first-order valence-electron chi connectivity index (χ1n) is 8.89. The molecule has 3 aromatic rings. The highest BCUT2D eigenvalue weighted by Gasteiger charge is 2.24. The maximum atomic E-state index is 7.28. The molecule has 25 heavy (non-hydrogen) atoms. The number of nitrogens with one attached hydrogen (secondary N) is 3. The smallest absolute Gasteiger partial charge is 0.123 e. The molecule has 5 rings (SSSR count). The van der Waals surface area contributed by atoms with Crippen LogP contribution in [-0.2, 0) is 6.42 Å². The second kappa shape index (κ2) is 5.67. The average molecular weight is 328 g/mol. The summed E-state index contributed by atoms with van der Waals surface area (Å²) in [5.41, 5.74) is 8.70. The maximum absolute atomic E-state index is 7.28. The minimum absolute atomic E-state index is 0.369. The van der Waals surface area contributed by atoms with Crippen LogP contribution < -0.4 is 5.32 Å². The SMILES string of the molecule is N=CCc1ccc2c(c1)-c1ccc(-c3cnc(C4CCCN4)[nH]3)cc1-2. The van der Waals surface area contributed by atoms with E-state index in [-0.39, 0.29) is 0 Å². The van der Waals surface area contributed by atoms with Gasteiger partial charge < -0.3 is 15.7 Å². The van der Waals surface area contributed by atoms with Gasteiger partial charge in [0.2, 0.25) is 0 Å². The van der Waals surface area contributed by atoms with Crippen LogP contribution in [0.15, 0.2) is 42.6 Å². The van der Waals surface area contributed by atoms with Gasteiger partial charge in [0.05, 0.1) is 17.9 Å². The molecule has 124 valence electrons. The van der Waals surface area contributed by atoms with Crippen molar-refractivity contribution in [2.45, 2.75) is 25.3 Å². The van der Waals surface area contributed by atoms with Crippen molar-refractivity contribution < 1.29 is 0 Å². The zero-order chi connectivity index (χ0) is 16.8. The number of aromatic amines is 1. The van der Waals surface area contributed by atoms with Crippen LogP contribution in [0.1, 0.15) is 30.3 Å². The monoisotopic (exact) mass is 328 g/mol. The third kappa shape index (κ3) is 2.33. The van der Waals surface area contributed by atoms with Crippen LogP contribution in [0.2, 0.25) is 0 Å². The second-order valence-electron chi connectivity index (χ2n) is 6.88. The lowest BCUT2D eigenvalue weighted by molar-refractivity contribution is 0.613. The topological polar surface area (TPSA) is 64.6 Å². The van der Waals surface area contributed by atoms with Crippen molar-refractivity contribution in [1.29, 1.82) is 5.41 Å². The molecule has 1 aliphatic heterocycles. The molecule has 4 nitrogen and oxygen atoms in total. The van der Waals surface area contributed by atoms with Gasteiger partial charge in [0.1, 0.15) is 5.82 Å². The summed E-state index contributed by atoms with van der Waals surface area (Å²) in [6.45, 7) is 1.08. The number of hydrogen-bond donors (Lipinski definition) is 3. The third-order valence-corrected chi connectivity index (χ3v) is 5.32. The molecular formula is C21H20N4. The van der Waals surface area contributed by atoms with Gasteiger partial charge in [-0.15, -0.1) is 0 Å². The van der Waals surface area contributed by atoms with Gasteiger partial charge in [-0.1, -0.05) is 30.3 Å². The number of imidazole rings is 1. The molecule has 0 saturated carbocycles. The lowest BCUT2D eigenvalue weighted by Gasteiger charge is -2.25. The summed E-state index contributed by atoms with van der Waals surface area (Å²) in [6, 6.07) is 13.5. The van der Waals surface area contributed by atoms with E-state index in [4.69, 9.17) is 5.41 Å². The highest BCUT2D eigenvalue weighted by molar-refractivity contribution is 6.03. The Kier molecular flexibility index (Phi) is 3.31. The summed E-state index contributed by atoms with van der Waals surface area (Å²) in [6.07, 6.45) is 6.48. The molecule has 0 amide bonds. The van der Waals surface area contributed by atoms with E-state index in [2.05, 4.69) is 51.7 Å². The first-order chi connectivity index (χ1) is 12.3. The molecule has 1 saturated heterocycles. The highest BCUT2D eigenvalue weighted by Crippen LogP contribution is 2.48. The van der Waals surface area contributed by atoms with Crippen LogP contribution in [0.25, 0.3) is 33.5 Å². The zero-order valence-electron chi connectivity index (χ0n) is 14.0. The van der Waals surface area contributed by atoms with E-state index < -0.39 is 0 Å². The predicted octanol–water partition coefficient (Wildman–Crippen LogP) is 4.34. The number of H-pyrrole nitrogens is 1. The molecule has 1 fully saturated rings. The average Bonchev–Trinajstić information content (AvgIpc) is 3.31. The lowest BCUT2D eigenvalue weighted by atomic mass is 9.78. The fraction of sp³-hybridized carbons (Fsp3) is 0.238. The van der Waals surface area contributed by atoms with Crippen LogP contribution in [-0.4, -0.2) is 22.7 Å². The van der Waals surface area contributed by atoms with Gasteiger partial charge in [-0.3, -0.25) is 0 Å². The zero-order valence-corrected chi connectivity index (χ0v) is 14.0. The van der Waals surface area contributed by atoms with Crippen molar-refractivity contribution in [1.82, 2.24) is 15.3 Å². The molecule has 3 N–H and O–H groups in total. The van der Waals surface area contributed by atoms with Crippen molar-refractivity contribution in [3.05, 3.63) is 54.0 Å². The Bertz CT molecular complexity index is 964. The molecule has 2 aromatic carbocycles. The molecule has 1 aliphatic carbocycles. The van der Waals surface area contributed by atoms with E-state index in [0.717, 1.165) is 24.5 Å². The van der Waals surface area contributed by atoms with Gasteiger partial charge in [0, 0.05) is 12.0 Å². The van der Waals surface area contributed by atoms with Crippen LogP contribution in [0, 0.1) is 5.41 Å². The summed E-state index contributed by atoms with van der Waals surface area (Å²) in [5.74, 6) is 1.05. The van der Waals surface area contributed by atoms with Gasteiger partial charge in [0.15, 0.2) is 0 Å². The normalized spacial score (nSPS) is 17.7. The van der Waals surface area contributed by atoms with E-state index in [1.165, 1.54) is 46.0 Å². The van der Waals surface area contributed by atoms with Gasteiger partial charge in [-0.25, -0.2) is 4.98 Å². The Morgan fingerprint density at radius 2 is 1.92 bits per heavy atom. The van der Waals surface area contributed by atoms with Crippen molar-refractivity contribution >= 4 is 6.21 Å². The Balaban J connectivity index is 1.46. The predicted molar refractivity (Wildman–Crippen MR) is 101 cm³/mol. The molecule has 0 bridgehead atoms. The van der Waals surface area contributed by atoms with Crippen molar-refractivity contribution in [3.8, 4) is 33.5 Å².